The van der Waals surface area contributed by atoms with E-state index in [9.17, 15) is 22.9 Å². The van der Waals surface area contributed by atoms with Crippen LogP contribution in [-0.4, -0.2) is 31.2 Å². The summed E-state index contributed by atoms with van der Waals surface area (Å²) in [7, 11) is -3.87. The molecule has 2 aliphatic rings. The van der Waals surface area contributed by atoms with Gasteiger partial charge in [-0.15, -0.1) is 0 Å². The average molecular weight is 546 g/mol. The standard InChI is InChI=1S/C23H20Cl3FN2O4S/c24-16-3-1-2-4-21(16)34(31,32)14-8-15(22(30)29-23(12-28)5-6-23)20(9-14)33-11-13-7-19(27)18(26)10-17(13)25/h1-4,7,10,14-15,20H,5-6,8-9,11H2,(H,29,30). The molecule has 3 atom stereocenters. The lowest BCUT2D eigenvalue weighted by Crippen LogP contribution is -2.42. The molecule has 6 nitrogen and oxygen atoms in total. The first kappa shape index (κ1) is 25.2. The average Bonchev–Trinajstić information content (AvgIpc) is 3.42. The molecular weight excluding hydrogens is 526 g/mol. The molecule has 0 heterocycles. The molecule has 0 aromatic heterocycles. The Kier molecular flexibility index (Phi) is 7.14. The Morgan fingerprint density at radius 1 is 1.15 bits per heavy atom. The van der Waals surface area contributed by atoms with Gasteiger partial charge in [-0.1, -0.05) is 46.9 Å². The van der Waals surface area contributed by atoms with Crippen molar-refractivity contribution in [3.05, 3.63) is 62.8 Å². The molecule has 1 amide bonds. The van der Waals surface area contributed by atoms with Gasteiger partial charge in [0, 0.05) is 5.02 Å². The molecule has 2 aliphatic carbocycles. The van der Waals surface area contributed by atoms with Gasteiger partial charge >= 0.3 is 0 Å². The van der Waals surface area contributed by atoms with E-state index in [1.165, 1.54) is 18.2 Å². The molecule has 34 heavy (non-hydrogen) atoms. The molecule has 0 radical (unpaired) electrons. The highest BCUT2D eigenvalue weighted by Crippen LogP contribution is 2.40. The number of carbonyl (C=O) groups excluding carboxylic acids is 1. The van der Waals surface area contributed by atoms with Gasteiger partial charge < -0.3 is 10.1 Å². The number of rotatable bonds is 7. The van der Waals surface area contributed by atoms with E-state index in [2.05, 4.69) is 11.4 Å². The van der Waals surface area contributed by atoms with Crippen LogP contribution in [0.15, 0.2) is 41.3 Å². The van der Waals surface area contributed by atoms with Crippen molar-refractivity contribution in [2.24, 2.45) is 5.92 Å². The predicted octanol–water partition coefficient (Wildman–Crippen LogP) is 5.10. The van der Waals surface area contributed by atoms with E-state index in [-0.39, 0.29) is 39.4 Å². The molecule has 0 spiro atoms. The minimum Gasteiger partial charge on any atom is -0.373 e. The summed E-state index contributed by atoms with van der Waals surface area (Å²) in [6, 6.07) is 10.6. The number of hydrogen-bond donors (Lipinski definition) is 1. The molecule has 180 valence electrons. The number of amides is 1. The fourth-order valence-electron chi connectivity index (χ4n) is 4.11. The van der Waals surface area contributed by atoms with Gasteiger partial charge in [0.25, 0.3) is 0 Å². The van der Waals surface area contributed by atoms with Crippen molar-refractivity contribution in [3.8, 4) is 6.07 Å². The van der Waals surface area contributed by atoms with Crippen LogP contribution in [0.4, 0.5) is 4.39 Å². The zero-order valence-electron chi connectivity index (χ0n) is 17.7. The van der Waals surface area contributed by atoms with Crippen molar-refractivity contribution >= 4 is 50.5 Å². The van der Waals surface area contributed by atoms with Crippen LogP contribution in [0.5, 0.6) is 0 Å². The minimum absolute atomic E-state index is 0.00568. The summed E-state index contributed by atoms with van der Waals surface area (Å²) in [6.45, 7) is -0.149. The Morgan fingerprint density at radius 3 is 2.50 bits per heavy atom. The van der Waals surface area contributed by atoms with Gasteiger partial charge in [-0.25, -0.2) is 12.8 Å². The SMILES string of the molecule is N#CC1(NC(=O)C2CC(S(=O)(=O)c3ccccc3Cl)CC2OCc2cc(F)c(Cl)cc2Cl)CC1. The third-order valence-electron chi connectivity index (χ3n) is 6.25. The maximum atomic E-state index is 13.9. The lowest BCUT2D eigenvalue weighted by atomic mass is 10.0. The lowest BCUT2D eigenvalue weighted by Gasteiger charge is -2.21. The zero-order valence-corrected chi connectivity index (χ0v) is 20.8. The molecule has 2 aromatic rings. The van der Waals surface area contributed by atoms with Crippen LogP contribution in [0.3, 0.4) is 0 Å². The molecule has 0 bridgehead atoms. The molecule has 11 heteroatoms. The number of ether oxygens (including phenoxy) is 1. The van der Waals surface area contributed by atoms with E-state index in [1.54, 1.807) is 12.1 Å². The second-order valence-corrected chi connectivity index (χ2v) is 12.0. The Hall–Kier alpha value is -1.89. The third kappa shape index (κ3) is 5.05. The summed E-state index contributed by atoms with van der Waals surface area (Å²) >= 11 is 18.0. The number of halogens is 4. The molecule has 3 unspecified atom stereocenters. The Bertz CT molecular complexity index is 1280. The molecule has 2 aromatic carbocycles. The highest BCUT2D eigenvalue weighted by molar-refractivity contribution is 7.92. The molecule has 2 saturated carbocycles. The van der Waals surface area contributed by atoms with Gasteiger partial charge in [0.1, 0.15) is 11.4 Å². The van der Waals surface area contributed by atoms with Gasteiger partial charge in [-0.2, -0.15) is 5.26 Å². The van der Waals surface area contributed by atoms with Crippen molar-refractivity contribution in [3.63, 3.8) is 0 Å². The number of nitrogens with zero attached hydrogens (tertiary/aromatic N) is 1. The quantitative estimate of drug-likeness (QED) is 0.489. The minimum atomic E-state index is -3.87. The van der Waals surface area contributed by atoms with Gasteiger partial charge in [-0.3, -0.25) is 4.79 Å². The highest BCUT2D eigenvalue weighted by Gasteiger charge is 2.50. The molecule has 0 aliphatic heterocycles. The topological polar surface area (TPSA) is 96.3 Å². The van der Waals surface area contributed by atoms with E-state index >= 15 is 0 Å². The number of nitrogens with one attached hydrogen (secondary N) is 1. The van der Waals surface area contributed by atoms with Gasteiger partial charge in [0.15, 0.2) is 9.84 Å². The monoisotopic (exact) mass is 544 g/mol. The number of hydrogen-bond acceptors (Lipinski definition) is 5. The zero-order chi connectivity index (χ0) is 24.7. The fraction of sp³-hybridized carbons (Fsp3) is 0.391. The summed E-state index contributed by atoms with van der Waals surface area (Å²) in [6.07, 6.45) is 0.294. The highest BCUT2D eigenvalue weighted by atomic mass is 35.5. The van der Waals surface area contributed by atoms with Gasteiger partial charge in [0.2, 0.25) is 5.91 Å². The second-order valence-electron chi connectivity index (χ2n) is 8.57. The Morgan fingerprint density at radius 2 is 1.85 bits per heavy atom. The van der Waals surface area contributed by atoms with Gasteiger partial charge in [-0.05, 0) is 55.5 Å². The summed E-state index contributed by atoms with van der Waals surface area (Å²) in [5, 5.41) is 11.3. The van der Waals surface area contributed by atoms with E-state index in [0.717, 1.165) is 6.07 Å². The molecule has 4 rings (SSSR count). The first-order chi connectivity index (χ1) is 16.1. The fourth-order valence-corrected chi connectivity index (χ4v) is 6.88. The van der Waals surface area contributed by atoms with Crippen LogP contribution in [-0.2, 0) is 26.0 Å². The predicted molar refractivity (Wildman–Crippen MR) is 126 cm³/mol. The summed E-state index contributed by atoms with van der Waals surface area (Å²) in [4.78, 5) is 13.0. The number of sulfone groups is 1. The van der Waals surface area contributed by atoms with Gasteiger partial charge in [0.05, 0.1) is 44.9 Å². The maximum Gasteiger partial charge on any atom is 0.227 e. The summed E-state index contributed by atoms with van der Waals surface area (Å²) < 4.78 is 46.5. The summed E-state index contributed by atoms with van der Waals surface area (Å²) in [5.41, 5.74) is -0.597. The van der Waals surface area contributed by atoms with Crippen LogP contribution < -0.4 is 5.32 Å². The second kappa shape index (κ2) is 9.63. The van der Waals surface area contributed by atoms with E-state index < -0.39 is 44.4 Å². The summed E-state index contributed by atoms with van der Waals surface area (Å²) in [5.74, 6) is -1.95. The normalized spacial score (nSPS) is 23.3. The lowest BCUT2D eigenvalue weighted by molar-refractivity contribution is -0.130. The van der Waals surface area contributed by atoms with Crippen LogP contribution >= 0.6 is 34.8 Å². The van der Waals surface area contributed by atoms with E-state index in [1.807, 2.05) is 0 Å². The van der Waals surface area contributed by atoms with Crippen LogP contribution in [0.25, 0.3) is 0 Å². The van der Waals surface area contributed by atoms with Crippen molar-refractivity contribution in [2.75, 3.05) is 0 Å². The van der Waals surface area contributed by atoms with Crippen LogP contribution in [0, 0.1) is 23.1 Å². The Labute approximate surface area is 211 Å². The molecule has 1 N–H and O–H groups in total. The third-order valence-corrected chi connectivity index (χ3v) is 9.56. The molecular formula is C23H20Cl3FN2O4S. The molecule has 0 saturated heterocycles. The first-order valence-corrected chi connectivity index (χ1v) is 13.2. The van der Waals surface area contributed by atoms with E-state index in [4.69, 9.17) is 39.5 Å². The number of carbonyl (C=O) groups is 1. The van der Waals surface area contributed by atoms with E-state index in [0.29, 0.717) is 18.4 Å². The first-order valence-electron chi connectivity index (χ1n) is 10.5. The van der Waals surface area contributed by atoms with Crippen molar-refractivity contribution < 1.29 is 22.3 Å². The smallest absolute Gasteiger partial charge is 0.227 e. The molecule has 2 fully saturated rings. The Balaban J connectivity index is 1.58. The van der Waals surface area contributed by atoms with Crippen molar-refractivity contribution in [2.45, 2.75) is 54.1 Å². The van der Waals surface area contributed by atoms with Crippen LogP contribution in [0.2, 0.25) is 15.1 Å². The number of nitriles is 1. The number of benzene rings is 2. The van der Waals surface area contributed by atoms with Crippen LogP contribution in [0.1, 0.15) is 31.2 Å². The van der Waals surface area contributed by atoms with Crippen molar-refractivity contribution in [1.29, 1.82) is 5.26 Å². The largest absolute Gasteiger partial charge is 0.373 e. The van der Waals surface area contributed by atoms with Crippen molar-refractivity contribution in [1.82, 2.24) is 5.32 Å². The maximum absolute atomic E-state index is 13.9.